The van der Waals surface area contributed by atoms with E-state index in [-0.39, 0.29) is 0 Å². The van der Waals surface area contributed by atoms with Gasteiger partial charge in [-0.3, -0.25) is 0 Å². The second-order valence-corrected chi connectivity index (χ2v) is 8.33. The standard InChI is InChI=1S/C19H34/c1-5-7-9-16-17-11-10-14(8-6-2)15-12-13-18(15,3)19(16,17)4/h14-17H,5-13H2,1-4H3. The maximum absolute atomic E-state index is 2.68. The van der Waals surface area contributed by atoms with E-state index in [2.05, 4.69) is 27.7 Å². The Morgan fingerprint density at radius 2 is 1.68 bits per heavy atom. The second-order valence-electron chi connectivity index (χ2n) is 8.33. The van der Waals surface area contributed by atoms with Gasteiger partial charge >= 0.3 is 0 Å². The van der Waals surface area contributed by atoms with Crippen molar-refractivity contribution in [2.24, 2.45) is 34.5 Å². The Morgan fingerprint density at radius 3 is 2.26 bits per heavy atom. The van der Waals surface area contributed by atoms with Crippen LogP contribution in [0, 0.1) is 34.5 Å². The first-order valence-corrected chi connectivity index (χ1v) is 9.09. The van der Waals surface area contributed by atoms with Crippen LogP contribution in [0.1, 0.15) is 85.5 Å². The Kier molecular flexibility index (Phi) is 3.51. The molecule has 0 bridgehead atoms. The van der Waals surface area contributed by atoms with Gasteiger partial charge < -0.3 is 0 Å². The van der Waals surface area contributed by atoms with Crippen LogP contribution in [0.3, 0.4) is 0 Å². The molecule has 3 fully saturated rings. The predicted molar refractivity (Wildman–Crippen MR) is 83.1 cm³/mol. The first-order chi connectivity index (χ1) is 9.09. The smallest absolute Gasteiger partial charge is 0.0207 e. The minimum atomic E-state index is 0.715. The highest BCUT2D eigenvalue weighted by Gasteiger charge is 2.73. The molecule has 0 N–H and O–H groups in total. The van der Waals surface area contributed by atoms with Crippen LogP contribution in [-0.4, -0.2) is 0 Å². The highest BCUT2D eigenvalue weighted by atomic mass is 14.8. The maximum atomic E-state index is 2.68. The minimum absolute atomic E-state index is 0.715. The predicted octanol–water partition coefficient (Wildman–Crippen LogP) is 6.06. The van der Waals surface area contributed by atoms with Crippen molar-refractivity contribution < 1.29 is 0 Å². The summed E-state index contributed by atoms with van der Waals surface area (Å²) in [6.07, 6.45) is 13.5. The van der Waals surface area contributed by atoms with Gasteiger partial charge in [0, 0.05) is 0 Å². The van der Waals surface area contributed by atoms with Crippen molar-refractivity contribution in [3.63, 3.8) is 0 Å². The molecule has 3 aliphatic rings. The van der Waals surface area contributed by atoms with E-state index in [9.17, 15) is 0 Å². The van der Waals surface area contributed by atoms with E-state index < -0.39 is 0 Å². The van der Waals surface area contributed by atoms with Crippen LogP contribution in [0.15, 0.2) is 0 Å². The number of fused-ring (bicyclic) bond motifs is 3. The molecule has 0 amide bonds. The minimum Gasteiger partial charge on any atom is -0.0654 e. The normalized spacial score (nSPS) is 51.8. The molecule has 6 atom stereocenters. The van der Waals surface area contributed by atoms with Gasteiger partial charge in [-0.1, -0.05) is 53.4 Å². The summed E-state index contributed by atoms with van der Waals surface area (Å²) in [5, 5.41) is 0. The molecule has 0 aromatic heterocycles. The summed E-state index contributed by atoms with van der Waals surface area (Å²) >= 11 is 0. The molecule has 3 aliphatic carbocycles. The summed E-state index contributed by atoms with van der Waals surface area (Å²) in [5.74, 6) is 4.32. The molecule has 19 heavy (non-hydrogen) atoms. The van der Waals surface area contributed by atoms with Gasteiger partial charge in [-0.25, -0.2) is 0 Å². The topological polar surface area (TPSA) is 0 Å². The summed E-state index contributed by atoms with van der Waals surface area (Å²) in [5.41, 5.74) is 1.44. The van der Waals surface area contributed by atoms with Gasteiger partial charge in [-0.05, 0) is 66.6 Å². The first-order valence-electron chi connectivity index (χ1n) is 9.09. The number of hydrogen-bond acceptors (Lipinski definition) is 0. The molecular weight excluding hydrogens is 228 g/mol. The molecule has 0 heteroatoms. The lowest BCUT2D eigenvalue weighted by Crippen LogP contribution is -2.47. The maximum Gasteiger partial charge on any atom is -0.0207 e. The van der Waals surface area contributed by atoms with Gasteiger partial charge in [0.15, 0.2) is 0 Å². The van der Waals surface area contributed by atoms with Crippen LogP contribution in [0.2, 0.25) is 0 Å². The molecule has 3 rings (SSSR count). The van der Waals surface area contributed by atoms with Crippen molar-refractivity contribution in [3.8, 4) is 0 Å². The van der Waals surface area contributed by atoms with E-state index in [1.807, 2.05) is 0 Å². The van der Waals surface area contributed by atoms with Crippen LogP contribution >= 0.6 is 0 Å². The van der Waals surface area contributed by atoms with Gasteiger partial charge in [0.05, 0.1) is 0 Å². The van der Waals surface area contributed by atoms with Crippen molar-refractivity contribution in [1.82, 2.24) is 0 Å². The monoisotopic (exact) mass is 262 g/mol. The number of unbranched alkanes of at least 4 members (excludes halogenated alkanes) is 1. The zero-order chi connectivity index (χ0) is 13.7. The molecule has 110 valence electrons. The fraction of sp³-hybridized carbons (Fsp3) is 1.00. The van der Waals surface area contributed by atoms with E-state index in [0.29, 0.717) is 5.41 Å². The Balaban J connectivity index is 1.77. The van der Waals surface area contributed by atoms with Crippen LogP contribution in [0.5, 0.6) is 0 Å². The van der Waals surface area contributed by atoms with E-state index in [1.165, 1.54) is 38.5 Å². The molecule has 0 spiro atoms. The molecule has 0 heterocycles. The first kappa shape index (κ1) is 14.0. The second kappa shape index (κ2) is 4.78. The van der Waals surface area contributed by atoms with Gasteiger partial charge in [-0.2, -0.15) is 0 Å². The third kappa shape index (κ3) is 1.77. The summed E-state index contributed by atoms with van der Waals surface area (Å²) in [4.78, 5) is 0. The zero-order valence-corrected chi connectivity index (χ0v) is 13.7. The van der Waals surface area contributed by atoms with Gasteiger partial charge in [0.25, 0.3) is 0 Å². The highest BCUT2D eigenvalue weighted by molar-refractivity contribution is 5.21. The lowest BCUT2D eigenvalue weighted by atomic mass is 9.49. The molecule has 3 saturated carbocycles. The Labute approximate surface area is 120 Å². The Morgan fingerprint density at radius 1 is 0.895 bits per heavy atom. The molecular formula is C19H34. The molecule has 0 aliphatic heterocycles. The molecule has 0 saturated heterocycles. The third-order valence-electron chi connectivity index (χ3n) is 7.89. The van der Waals surface area contributed by atoms with E-state index in [4.69, 9.17) is 0 Å². The van der Waals surface area contributed by atoms with Crippen LogP contribution in [0.25, 0.3) is 0 Å². The molecule has 0 nitrogen and oxygen atoms in total. The van der Waals surface area contributed by atoms with Crippen LogP contribution in [-0.2, 0) is 0 Å². The van der Waals surface area contributed by atoms with Crippen molar-refractivity contribution in [2.75, 3.05) is 0 Å². The average molecular weight is 262 g/mol. The van der Waals surface area contributed by atoms with Gasteiger partial charge in [-0.15, -0.1) is 0 Å². The van der Waals surface area contributed by atoms with Crippen molar-refractivity contribution in [1.29, 1.82) is 0 Å². The van der Waals surface area contributed by atoms with Crippen molar-refractivity contribution in [2.45, 2.75) is 85.5 Å². The van der Waals surface area contributed by atoms with Gasteiger partial charge in [0.1, 0.15) is 0 Å². The molecule has 6 unspecified atom stereocenters. The summed E-state index contributed by atoms with van der Waals surface area (Å²) in [6, 6.07) is 0. The van der Waals surface area contributed by atoms with Crippen LogP contribution < -0.4 is 0 Å². The number of rotatable bonds is 5. The van der Waals surface area contributed by atoms with Crippen molar-refractivity contribution >= 4 is 0 Å². The van der Waals surface area contributed by atoms with E-state index in [1.54, 1.807) is 19.3 Å². The lowest BCUT2D eigenvalue weighted by Gasteiger charge is -2.55. The Hall–Kier alpha value is 0. The summed E-state index contributed by atoms with van der Waals surface area (Å²) in [6.45, 7) is 10.1. The van der Waals surface area contributed by atoms with Crippen molar-refractivity contribution in [3.05, 3.63) is 0 Å². The number of hydrogen-bond donors (Lipinski definition) is 0. The third-order valence-corrected chi connectivity index (χ3v) is 7.89. The lowest BCUT2D eigenvalue weighted by molar-refractivity contribution is -0.0627. The van der Waals surface area contributed by atoms with Crippen LogP contribution in [0.4, 0.5) is 0 Å². The van der Waals surface area contributed by atoms with E-state index >= 15 is 0 Å². The Bertz CT molecular complexity index is 331. The molecule has 0 aromatic rings. The van der Waals surface area contributed by atoms with Gasteiger partial charge in [0.2, 0.25) is 0 Å². The fourth-order valence-electron chi connectivity index (χ4n) is 6.45. The zero-order valence-electron chi connectivity index (χ0n) is 13.7. The average Bonchev–Trinajstić information content (AvgIpc) is 2.97. The largest absolute Gasteiger partial charge is 0.0654 e. The fourth-order valence-corrected chi connectivity index (χ4v) is 6.45. The molecule has 0 radical (unpaired) electrons. The molecule has 0 aromatic carbocycles. The SMILES string of the molecule is CCCCC1C2CCC(CCC)C3CCC3(C)C12C. The summed E-state index contributed by atoms with van der Waals surface area (Å²) < 4.78 is 0. The van der Waals surface area contributed by atoms with E-state index in [0.717, 1.165) is 29.1 Å². The summed E-state index contributed by atoms with van der Waals surface area (Å²) in [7, 11) is 0. The highest BCUT2D eigenvalue weighted by Crippen LogP contribution is 2.79. The quantitative estimate of drug-likeness (QED) is 0.565.